The van der Waals surface area contributed by atoms with Crippen molar-refractivity contribution in [2.75, 3.05) is 18.8 Å². The largest absolute Gasteiger partial charge is 0.416 e. The summed E-state index contributed by atoms with van der Waals surface area (Å²) in [7, 11) is 0. The molecule has 0 aliphatic carbocycles. The van der Waals surface area contributed by atoms with Crippen LogP contribution in [0.5, 0.6) is 0 Å². The van der Waals surface area contributed by atoms with E-state index in [0.29, 0.717) is 18.1 Å². The highest BCUT2D eigenvalue weighted by Gasteiger charge is 2.36. The van der Waals surface area contributed by atoms with Gasteiger partial charge in [0.25, 0.3) is 5.91 Å². The maximum atomic E-state index is 13.8. The monoisotopic (exact) mass is 505 g/mol. The number of nitrogens with two attached hydrogens (primary N) is 1. The summed E-state index contributed by atoms with van der Waals surface area (Å²) in [5, 5.41) is 3.11. The minimum absolute atomic E-state index is 0.0311. The van der Waals surface area contributed by atoms with Gasteiger partial charge in [0.1, 0.15) is 0 Å². The van der Waals surface area contributed by atoms with E-state index in [4.69, 9.17) is 28.9 Å². The van der Waals surface area contributed by atoms with Crippen LogP contribution in [0, 0.1) is 0 Å². The molecule has 1 fully saturated rings. The Balaban J connectivity index is 1.82. The minimum atomic E-state index is -4.64. The van der Waals surface area contributed by atoms with Crippen LogP contribution in [0.1, 0.15) is 40.4 Å². The minimum Gasteiger partial charge on any atom is -0.348 e. The maximum Gasteiger partial charge on any atom is 0.416 e. The molecule has 3 N–H and O–H groups in total. The topological polar surface area (TPSA) is 58.4 Å². The molecule has 1 aliphatic rings. The number of nitrogens with zero attached hydrogens (tertiary/aromatic N) is 1. The summed E-state index contributed by atoms with van der Waals surface area (Å²) in [5.74, 6) is 0.191. The van der Waals surface area contributed by atoms with Gasteiger partial charge in [0.2, 0.25) is 0 Å². The molecule has 1 aliphatic heterocycles. The number of alkyl halides is 3. The van der Waals surface area contributed by atoms with Crippen LogP contribution >= 0.6 is 35.0 Å². The predicted molar refractivity (Wildman–Crippen MR) is 123 cm³/mol. The molecule has 0 spiro atoms. The standard InChI is InChI=1S/C22H24Cl2F3N3OS/c1-2-32-20-4-3-15(23)7-14(20)10-29-21(31)13-8-18(22(25,26)27)17(19(24)9-13)12-30-6-5-16(28)11-30/h3-4,7-9,16H,2,5-6,10-12,28H2,1H3,(H,29,31)/t16-/m0/s1. The zero-order chi connectivity index (χ0) is 23.5. The van der Waals surface area contributed by atoms with Gasteiger partial charge in [-0.2, -0.15) is 13.2 Å². The lowest BCUT2D eigenvalue weighted by atomic mass is 10.0. The number of nitrogens with one attached hydrogen (secondary N) is 1. The van der Waals surface area contributed by atoms with Crippen LogP contribution in [-0.2, 0) is 19.3 Å². The van der Waals surface area contributed by atoms with Crippen LogP contribution in [0.4, 0.5) is 13.2 Å². The van der Waals surface area contributed by atoms with E-state index < -0.39 is 17.6 Å². The number of carbonyl (C=O) groups excluding carboxylic acids is 1. The van der Waals surface area contributed by atoms with Crippen LogP contribution in [0.3, 0.4) is 0 Å². The molecule has 2 aromatic carbocycles. The normalized spacial score (nSPS) is 17.0. The van der Waals surface area contributed by atoms with E-state index in [-0.39, 0.29) is 35.3 Å². The van der Waals surface area contributed by atoms with Gasteiger partial charge in [-0.15, -0.1) is 11.8 Å². The predicted octanol–water partition coefficient (Wildman–Crippen LogP) is 5.59. The molecule has 0 saturated carbocycles. The molecule has 0 unspecified atom stereocenters. The Kier molecular flexibility index (Phi) is 8.38. The first-order chi connectivity index (χ1) is 15.1. The van der Waals surface area contributed by atoms with Gasteiger partial charge < -0.3 is 11.1 Å². The third-order valence-electron chi connectivity index (χ3n) is 5.22. The number of thioether (sulfide) groups is 1. The van der Waals surface area contributed by atoms with Crippen molar-refractivity contribution in [1.82, 2.24) is 10.2 Å². The molecule has 1 heterocycles. The van der Waals surface area contributed by atoms with Crippen molar-refractivity contribution < 1.29 is 18.0 Å². The Morgan fingerprint density at radius 3 is 2.66 bits per heavy atom. The molecular weight excluding hydrogens is 482 g/mol. The first-order valence-corrected chi connectivity index (χ1v) is 11.9. The molecule has 2 aromatic rings. The van der Waals surface area contributed by atoms with Crippen molar-refractivity contribution in [3.8, 4) is 0 Å². The lowest BCUT2D eigenvalue weighted by Crippen LogP contribution is -2.28. The molecule has 0 bridgehead atoms. The van der Waals surface area contributed by atoms with Gasteiger partial charge >= 0.3 is 6.18 Å². The smallest absolute Gasteiger partial charge is 0.348 e. The highest BCUT2D eigenvalue weighted by Crippen LogP contribution is 2.37. The molecule has 4 nitrogen and oxygen atoms in total. The molecule has 1 atom stereocenters. The molecular formula is C22H24Cl2F3N3OS. The van der Waals surface area contributed by atoms with Crippen LogP contribution in [0.15, 0.2) is 35.2 Å². The Morgan fingerprint density at radius 2 is 2.03 bits per heavy atom. The zero-order valence-electron chi connectivity index (χ0n) is 17.4. The maximum absolute atomic E-state index is 13.8. The van der Waals surface area contributed by atoms with Crippen LogP contribution in [-0.4, -0.2) is 35.7 Å². The van der Waals surface area contributed by atoms with Gasteiger partial charge in [0, 0.05) is 52.7 Å². The third kappa shape index (κ3) is 6.32. The quantitative estimate of drug-likeness (QED) is 0.481. The number of amides is 1. The molecule has 1 saturated heterocycles. The van der Waals surface area contributed by atoms with Crippen molar-refractivity contribution in [1.29, 1.82) is 0 Å². The number of halogens is 5. The van der Waals surface area contributed by atoms with Crippen molar-refractivity contribution >= 4 is 40.9 Å². The highest BCUT2D eigenvalue weighted by molar-refractivity contribution is 7.99. The fraction of sp³-hybridized carbons (Fsp3) is 0.409. The number of likely N-dealkylation sites (tertiary alicyclic amines) is 1. The lowest BCUT2D eigenvalue weighted by Gasteiger charge is -2.21. The Hall–Kier alpha value is -1.45. The molecule has 3 rings (SSSR count). The summed E-state index contributed by atoms with van der Waals surface area (Å²) in [5.41, 5.74) is 5.57. The molecule has 0 radical (unpaired) electrons. The van der Waals surface area contributed by atoms with Crippen molar-refractivity contribution in [3.63, 3.8) is 0 Å². The summed E-state index contributed by atoms with van der Waals surface area (Å²) in [6.07, 6.45) is -3.92. The second kappa shape index (κ2) is 10.7. The van der Waals surface area contributed by atoms with Crippen LogP contribution < -0.4 is 11.1 Å². The summed E-state index contributed by atoms with van der Waals surface area (Å²) < 4.78 is 41.4. The molecule has 174 valence electrons. The number of hydrogen-bond donors (Lipinski definition) is 2. The number of hydrogen-bond acceptors (Lipinski definition) is 4. The van der Waals surface area contributed by atoms with Gasteiger partial charge in [-0.3, -0.25) is 9.69 Å². The first-order valence-electron chi connectivity index (χ1n) is 10.2. The van der Waals surface area contributed by atoms with Crippen molar-refractivity contribution in [2.24, 2.45) is 5.73 Å². The fourth-order valence-corrected chi connectivity index (χ4v) is 4.94. The number of rotatable bonds is 7. The van der Waals surface area contributed by atoms with Crippen molar-refractivity contribution in [3.05, 3.63) is 62.6 Å². The average molecular weight is 506 g/mol. The highest BCUT2D eigenvalue weighted by atomic mass is 35.5. The third-order valence-corrected chi connectivity index (χ3v) is 6.79. The van der Waals surface area contributed by atoms with Gasteiger partial charge in [0.15, 0.2) is 0 Å². The van der Waals surface area contributed by atoms with Crippen LogP contribution in [0.2, 0.25) is 10.0 Å². The SMILES string of the molecule is CCSc1ccc(Cl)cc1CNC(=O)c1cc(Cl)c(CN2CC[C@H](N)C2)c(C(F)(F)F)c1. The number of carbonyl (C=O) groups is 1. The Labute approximate surface area is 199 Å². The van der Waals surface area contributed by atoms with E-state index in [9.17, 15) is 18.0 Å². The van der Waals surface area contributed by atoms with Gasteiger partial charge in [-0.1, -0.05) is 30.1 Å². The van der Waals surface area contributed by atoms with E-state index in [0.717, 1.165) is 28.7 Å². The van der Waals surface area contributed by atoms with Gasteiger partial charge in [0.05, 0.1) is 5.56 Å². The number of benzene rings is 2. The fourth-order valence-electron chi connectivity index (χ4n) is 3.67. The molecule has 1 amide bonds. The second-order valence-corrected chi connectivity index (χ2v) is 9.78. The molecule has 10 heteroatoms. The van der Waals surface area contributed by atoms with Crippen LogP contribution in [0.25, 0.3) is 0 Å². The average Bonchev–Trinajstić information content (AvgIpc) is 3.13. The summed E-state index contributed by atoms with van der Waals surface area (Å²) in [6, 6.07) is 7.44. The lowest BCUT2D eigenvalue weighted by molar-refractivity contribution is -0.138. The first kappa shape index (κ1) is 25.2. The van der Waals surface area contributed by atoms with Crippen molar-refractivity contribution in [2.45, 2.75) is 43.5 Å². The Bertz CT molecular complexity index is 988. The van der Waals surface area contributed by atoms with E-state index >= 15 is 0 Å². The van der Waals surface area contributed by atoms with E-state index in [1.807, 2.05) is 17.9 Å². The van der Waals surface area contributed by atoms with Gasteiger partial charge in [-0.05, 0) is 53.6 Å². The zero-order valence-corrected chi connectivity index (χ0v) is 19.8. The van der Waals surface area contributed by atoms with E-state index in [1.54, 1.807) is 23.9 Å². The summed E-state index contributed by atoms with van der Waals surface area (Å²) >= 11 is 13.9. The summed E-state index contributed by atoms with van der Waals surface area (Å²) in [6.45, 7) is 3.28. The van der Waals surface area contributed by atoms with Gasteiger partial charge in [-0.25, -0.2) is 0 Å². The molecule has 32 heavy (non-hydrogen) atoms. The summed E-state index contributed by atoms with van der Waals surface area (Å²) in [4.78, 5) is 15.5. The van der Waals surface area contributed by atoms with E-state index in [2.05, 4.69) is 5.32 Å². The molecule has 0 aromatic heterocycles. The Morgan fingerprint density at radius 1 is 1.28 bits per heavy atom. The van der Waals surface area contributed by atoms with E-state index in [1.165, 1.54) is 6.07 Å². The second-order valence-electron chi connectivity index (χ2n) is 7.63.